The zero-order valence-corrected chi connectivity index (χ0v) is 15.9. The fraction of sp³-hybridized carbons (Fsp3) is 0.136. The lowest BCUT2D eigenvalue weighted by Gasteiger charge is -2.09. The summed E-state index contributed by atoms with van der Waals surface area (Å²) in [5.74, 6) is -0.776. The summed E-state index contributed by atoms with van der Waals surface area (Å²) in [6.45, 7) is 2.08. The van der Waals surface area contributed by atoms with Gasteiger partial charge in [0, 0.05) is 24.8 Å². The van der Waals surface area contributed by atoms with Crippen molar-refractivity contribution in [1.29, 1.82) is 0 Å². The maximum atomic E-state index is 12.9. The topological polar surface area (TPSA) is 83.1 Å². The highest BCUT2D eigenvalue weighted by Crippen LogP contribution is 2.16. The maximum absolute atomic E-state index is 12.9. The Balaban J connectivity index is 1.53. The molecule has 0 aliphatic heterocycles. The molecule has 0 aliphatic rings. The first-order chi connectivity index (χ1) is 14.0. The van der Waals surface area contributed by atoms with E-state index in [4.69, 9.17) is 0 Å². The number of hydrogen-bond donors (Lipinski definition) is 3. The summed E-state index contributed by atoms with van der Waals surface area (Å²) in [4.78, 5) is 27.7. The highest BCUT2D eigenvalue weighted by molar-refractivity contribution is 6.03. The van der Waals surface area contributed by atoms with Crippen molar-refractivity contribution >= 4 is 28.9 Å². The van der Waals surface area contributed by atoms with Crippen molar-refractivity contribution in [2.75, 3.05) is 22.5 Å². The second kappa shape index (κ2) is 9.45. The van der Waals surface area contributed by atoms with Crippen molar-refractivity contribution < 1.29 is 14.0 Å². The van der Waals surface area contributed by atoms with E-state index in [-0.39, 0.29) is 23.3 Å². The van der Waals surface area contributed by atoms with Crippen LogP contribution in [0.5, 0.6) is 0 Å². The third kappa shape index (κ3) is 6.14. The number of benzene rings is 2. The number of carbonyl (C=O) groups is 2. The number of nitrogens with one attached hydrogen (secondary N) is 3. The third-order valence-electron chi connectivity index (χ3n) is 4.09. The van der Waals surface area contributed by atoms with Gasteiger partial charge in [0.1, 0.15) is 11.5 Å². The largest absolute Gasteiger partial charge is 0.383 e. The van der Waals surface area contributed by atoms with Crippen LogP contribution in [0.3, 0.4) is 0 Å². The van der Waals surface area contributed by atoms with Gasteiger partial charge in [-0.2, -0.15) is 0 Å². The Hall–Kier alpha value is -3.74. The lowest BCUT2D eigenvalue weighted by Crippen LogP contribution is -2.14. The first-order valence-corrected chi connectivity index (χ1v) is 9.13. The van der Waals surface area contributed by atoms with E-state index >= 15 is 0 Å². The average molecular weight is 392 g/mol. The van der Waals surface area contributed by atoms with Gasteiger partial charge in [0.05, 0.1) is 11.9 Å². The highest BCUT2D eigenvalue weighted by atomic mass is 19.1. The van der Waals surface area contributed by atoms with Crippen molar-refractivity contribution in [2.24, 2.45) is 0 Å². The van der Waals surface area contributed by atoms with Crippen LogP contribution in [-0.2, 0) is 11.2 Å². The molecule has 2 aromatic carbocycles. The molecule has 3 N–H and O–H groups in total. The summed E-state index contributed by atoms with van der Waals surface area (Å²) in [6, 6.07) is 16.7. The quantitative estimate of drug-likeness (QED) is 0.566. The van der Waals surface area contributed by atoms with Crippen LogP contribution in [0, 0.1) is 5.82 Å². The lowest BCUT2D eigenvalue weighted by atomic mass is 10.1. The zero-order valence-electron chi connectivity index (χ0n) is 15.9. The molecule has 0 radical (unpaired) electrons. The highest BCUT2D eigenvalue weighted by Gasteiger charge is 2.08. The Morgan fingerprint density at radius 2 is 1.66 bits per heavy atom. The SMILES string of the molecule is CC(=O)Nc1cccc(NC(=O)c2ccc(NCCc3ccc(F)cc3)cn2)c1. The van der Waals surface area contributed by atoms with Crippen LogP contribution in [0.25, 0.3) is 0 Å². The Bertz CT molecular complexity index is 988. The Morgan fingerprint density at radius 1 is 0.931 bits per heavy atom. The van der Waals surface area contributed by atoms with E-state index in [1.165, 1.54) is 19.1 Å². The van der Waals surface area contributed by atoms with Crippen molar-refractivity contribution in [3.63, 3.8) is 0 Å². The van der Waals surface area contributed by atoms with Crippen molar-refractivity contribution in [3.05, 3.63) is 83.9 Å². The number of aromatic nitrogens is 1. The molecule has 29 heavy (non-hydrogen) atoms. The molecule has 0 saturated carbocycles. The summed E-state index contributed by atoms with van der Waals surface area (Å²) < 4.78 is 12.9. The summed E-state index contributed by atoms with van der Waals surface area (Å²) in [6.07, 6.45) is 2.33. The molecule has 3 rings (SSSR count). The second-order valence-electron chi connectivity index (χ2n) is 6.45. The van der Waals surface area contributed by atoms with Gasteiger partial charge in [0.15, 0.2) is 0 Å². The van der Waals surface area contributed by atoms with E-state index < -0.39 is 0 Å². The number of pyridine rings is 1. The van der Waals surface area contributed by atoms with E-state index in [1.807, 2.05) is 0 Å². The van der Waals surface area contributed by atoms with Gasteiger partial charge in [-0.3, -0.25) is 9.59 Å². The first-order valence-electron chi connectivity index (χ1n) is 9.13. The second-order valence-corrected chi connectivity index (χ2v) is 6.45. The predicted octanol–water partition coefficient (Wildman–Crippen LogP) is 4.09. The standard InChI is InChI=1S/C22H21FN4O2/c1-15(28)26-18-3-2-4-19(13-18)27-22(29)21-10-9-20(14-25-21)24-12-11-16-5-7-17(23)8-6-16/h2-10,13-14,24H,11-12H2,1H3,(H,26,28)(H,27,29). The van der Waals surface area contributed by atoms with Crippen LogP contribution >= 0.6 is 0 Å². The van der Waals surface area contributed by atoms with Gasteiger partial charge >= 0.3 is 0 Å². The number of carbonyl (C=O) groups excluding carboxylic acids is 2. The molecule has 0 aliphatic carbocycles. The summed E-state index contributed by atoms with van der Waals surface area (Å²) in [7, 11) is 0. The van der Waals surface area contributed by atoms with Gasteiger partial charge in [0.25, 0.3) is 5.91 Å². The molecule has 0 spiro atoms. The molecule has 0 unspecified atom stereocenters. The number of halogens is 1. The molecule has 0 saturated heterocycles. The van der Waals surface area contributed by atoms with Crippen LogP contribution in [0.4, 0.5) is 21.5 Å². The number of anilines is 3. The van der Waals surface area contributed by atoms with Gasteiger partial charge in [-0.1, -0.05) is 18.2 Å². The Morgan fingerprint density at radius 3 is 2.31 bits per heavy atom. The van der Waals surface area contributed by atoms with E-state index in [9.17, 15) is 14.0 Å². The van der Waals surface area contributed by atoms with Gasteiger partial charge < -0.3 is 16.0 Å². The van der Waals surface area contributed by atoms with Crippen molar-refractivity contribution in [3.8, 4) is 0 Å². The molecule has 3 aromatic rings. The van der Waals surface area contributed by atoms with Crippen LogP contribution in [-0.4, -0.2) is 23.3 Å². The summed E-state index contributed by atoms with van der Waals surface area (Å²) in [5.41, 5.74) is 3.26. The zero-order chi connectivity index (χ0) is 20.6. The first kappa shape index (κ1) is 20.0. The van der Waals surface area contributed by atoms with Gasteiger partial charge in [-0.05, 0) is 54.4 Å². The molecule has 2 amide bonds. The lowest BCUT2D eigenvalue weighted by molar-refractivity contribution is -0.114. The van der Waals surface area contributed by atoms with Gasteiger partial charge in [-0.25, -0.2) is 9.37 Å². The molecule has 6 nitrogen and oxygen atoms in total. The van der Waals surface area contributed by atoms with Crippen LogP contribution in [0.15, 0.2) is 66.9 Å². The summed E-state index contributed by atoms with van der Waals surface area (Å²) >= 11 is 0. The molecule has 0 bridgehead atoms. The van der Waals surface area contributed by atoms with Crippen LogP contribution in [0.1, 0.15) is 23.0 Å². The minimum absolute atomic E-state index is 0.183. The van der Waals surface area contributed by atoms with E-state index in [0.29, 0.717) is 17.9 Å². The average Bonchev–Trinajstić information content (AvgIpc) is 2.70. The number of amides is 2. The minimum atomic E-state index is -0.345. The third-order valence-corrected chi connectivity index (χ3v) is 4.09. The van der Waals surface area contributed by atoms with Crippen LogP contribution in [0.2, 0.25) is 0 Å². The van der Waals surface area contributed by atoms with Crippen molar-refractivity contribution in [2.45, 2.75) is 13.3 Å². The molecule has 7 heteroatoms. The molecule has 0 fully saturated rings. The molecular formula is C22H21FN4O2. The number of rotatable bonds is 7. The van der Waals surface area contributed by atoms with Crippen molar-refractivity contribution in [1.82, 2.24) is 4.98 Å². The van der Waals surface area contributed by atoms with E-state index in [0.717, 1.165) is 17.7 Å². The van der Waals surface area contributed by atoms with Gasteiger partial charge in [0.2, 0.25) is 5.91 Å². The molecular weight excluding hydrogens is 371 g/mol. The number of hydrogen-bond acceptors (Lipinski definition) is 4. The Labute approximate surface area is 168 Å². The molecule has 1 aromatic heterocycles. The Kier molecular flexibility index (Phi) is 6.52. The predicted molar refractivity (Wildman–Crippen MR) is 112 cm³/mol. The van der Waals surface area contributed by atoms with Crippen LogP contribution < -0.4 is 16.0 Å². The van der Waals surface area contributed by atoms with E-state index in [2.05, 4.69) is 20.9 Å². The fourth-order valence-corrected chi connectivity index (χ4v) is 2.71. The fourth-order valence-electron chi connectivity index (χ4n) is 2.71. The monoisotopic (exact) mass is 392 g/mol. The minimum Gasteiger partial charge on any atom is -0.383 e. The maximum Gasteiger partial charge on any atom is 0.274 e. The smallest absolute Gasteiger partial charge is 0.274 e. The molecule has 148 valence electrons. The molecule has 1 heterocycles. The molecule has 0 atom stereocenters. The van der Waals surface area contributed by atoms with Gasteiger partial charge in [-0.15, -0.1) is 0 Å². The normalized spacial score (nSPS) is 10.3. The van der Waals surface area contributed by atoms with E-state index in [1.54, 1.807) is 54.7 Å². The summed E-state index contributed by atoms with van der Waals surface area (Å²) in [5, 5.41) is 8.64. The number of nitrogens with zero attached hydrogens (tertiary/aromatic N) is 1.